The zero-order chi connectivity index (χ0) is 13.0. The first-order valence-corrected chi connectivity index (χ1v) is 7.21. The van der Waals surface area contributed by atoms with E-state index in [0.29, 0.717) is 0 Å². The molecular weight excluding hydrogens is 266 g/mol. The van der Waals surface area contributed by atoms with Crippen LogP contribution in [0, 0.1) is 0 Å². The van der Waals surface area contributed by atoms with Gasteiger partial charge in [0.2, 0.25) is 5.13 Å². The van der Waals surface area contributed by atoms with E-state index in [4.69, 9.17) is 0 Å². The van der Waals surface area contributed by atoms with E-state index in [-0.39, 0.29) is 0 Å². The molecule has 0 aliphatic carbocycles. The maximum atomic E-state index is 4.24. The summed E-state index contributed by atoms with van der Waals surface area (Å²) >= 11 is 3.18. The molecule has 2 aromatic rings. The van der Waals surface area contributed by atoms with Gasteiger partial charge in [-0.2, -0.15) is 0 Å². The molecule has 2 rings (SSSR count). The fourth-order valence-electron chi connectivity index (χ4n) is 1.28. The highest BCUT2D eigenvalue weighted by molar-refractivity contribution is 8.01. The average molecular weight is 281 g/mol. The first-order chi connectivity index (χ1) is 8.69. The number of aromatic nitrogens is 3. The Morgan fingerprint density at radius 1 is 1.39 bits per heavy atom. The Kier molecular flexibility index (Phi) is 4.38. The Morgan fingerprint density at radius 2 is 2.22 bits per heavy atom. The van der Waals surface area contributed by atoms with E-state index in [0.717, 1.165) is 26.7 Å². The molecule has 0 unspecified atom stereocenters. The van der Waals surface area contributed by atoms with Crippen LogP contribution >= 0.6 is 23.1 Å². The van der Waals surface area contributed by atoms with Crippen LogP contribution in [0.5, 0.6) is 0 Å². The Morgan fingerprint density at radius 3 is 2.89 bits per heavy atom. The topological polar surface area (TPSA) is 53.9 Å². The molecule has 0 saturated heterocycles. The number of anilines is 2. The molecular formula is C11H15N5S2. The van der Waals surface area contributed by atoms with Crippen LogP contribution in [0.2, 0.25) is 0 Å². The number of rotatable bonds is 5. The molecule has 2 aromatic heterocycles. The van der Waals surface area contributed by atoms with Crippen molar-refractivity contribution in [1.82, 2.24) is 15.2 Å². The van der Waals surface area contributed by atoms with Gasteiger partial charge >= 0.3 is 0 Å². The van der Waals surface area contributed by atoms with Gasteiger partial charge in [-0.05, 0) is 19.1 Å². The van der Waals surface area contributed by atoms with Crippen LogP contribution in [0.25, 0.3) is 0 Å². The second-order valence-electron chi connectivity index (χ2n) is 3.75. The van der Waals surface area contributed by atoms with Crippen LogP contribution in [0.4, 0.5) is 10.9 Å². The quantitative estimate of drug-likeness (QED) is 0.909. The highest BCUT2D eigenvalue weighted by Crippen LogP contribution is 2.33. The smallest absolute Gasteiger partial charge is 0.208 e. The molecule has 0 saturated carbocycles. The van der Waals surface area contributed by atoms with Gasteiger partial charge in [0.15, 0.2) is 4.34 Å². The summed E-state index contributed by atoms with van der Waals surface area (Å²) in [6.07, 6.45) is 1.80. The third-order valence-corrected chi connectivity index (χ3v) is 4.20. The van der Waals surface area contributed by atoms with Crippen molar-refractivity contribution in [3.63, 3.8) is 0 Å². The van der Waals surface area contributed by atoms with E-state index in [1.165, 1.54) is 0 Å². The van der Waals surface area contributed by atoms with Crippen molar-refractivity contribution >= 4 is 34.0 Å². The lowest BCUT2D eigenvalue weighted by Gasteiger charge is -2.04. The van der Waals surface area contributed by atoms with Gasteiger partial charge < -0.3 is 10.2 Å². The largest absolute Gasteiger partial charge is 0.370 e. The molecule has 0 aromatic carbocycles. The van der Waals surface area contributed by atoms with Gasteiger partial charge in [0.1, 0.15) is 5.82 Å². The summed E-state index contributed by atoms with van der Waals surface area (Å²) in [5.74, 6) is 0.889. The lowest BCUT2D eigenvalue weighted by molar-refractivity contribution is 0.972. The minimum atomic E-state index is 0.866. The van der Waals surface area contributed by atoms with E-state index in [9.17, 15) is 0 Å². The predicted octanol–water partition coefficient (Wildman–Crippen LogP) is 2.58. The minimum absolute atomic E-state index is 0.866. The molecule has 0 aliphatic heterocycles. The van der Waals surface area contributed by atoms with Gasteiger partial charge in [0, 0.05) is 31.7 Å². The molecule has 1 N–H and O–H groups in total. The maximum Gasteiger partial charge on any atom is 0.208 e. The van der Waals surface area contributed by atoms with Crippen LogP contribution in [0.3, 0.4) is 0 Å². The van der Waals surface area contributed by atoms with Gasteiger partial charge in [0.25, 0.3) is 0 Å². The van der Waals surface area contributed by atoms with Crippen LogP contribution in [-0.4, -0.2) is 35.8 Å². The number of hydrogen-bond acceptors (Lipinski definition) is 7. The molecule has 18 heavy (non-hydrogen) atoms. The lowest BCUT2D eigenvalue weighted by atomic mass is 10.4. The Labute approximate surface area is 115 Å². The highest BCUT2D eigenvalue weighted by atomic mass is 32.2. The standard InChI is InChI=1S/C11H15N5S2/c1-4-12-9-7-8(5-6-13-9)17-11-15-14-10(18-11)16(2)3/h5-7H,4H2,1-3H3,(H,12,13). The van der Waals surface area contributed by atoms with Crippen molar-refractivity contribution in [2.24, 2.45) is 0 Å². The zero-order valence-electron chi connectivity index (χ0n) is 10.5. The third-order valence-electron chi connectivity index (χ3n) is 2.07. The summed E-state index contributed by atoms with van der Waals surface area (Å²) in [5.41, 5.74) is 0. The van der Waals surface area contributed by atoms with Crippen molar-refractivity contribution < 1.29 is 0 Å². The highest BCUT2D eigenvalue weighted by Gasteiger charge is 2.07. The van der Waals surface area contributed by atoms with Crippen molar-refractivity contribution in [3.05, 3.63) is 18.3 Å². The van der Waals surface area contributed by atoms with Crippen molar-refractivity contribution in [2.45, 2.75) is 16.2 Å². The van der Waals surface area contributed by atoms with Crippen LogP contribution in [0.1, 0.15) is 6.92 Å². The molecule has 0 bridgehead atoms. The van der Waals surface area contributed by atoms with E-state index < -0.39 is 0 Å². The average Bonchev–Trinajstić information content (AvgIpc) is 2.78. The van der Waals surface area contributed by atoms with Crippen LogP contribution in [-0.2, 0) is 0 Å². The van der Waals surface area contributed by atoms with Gasteiger partial charge in [0.05, 0.1) is 0 Å². The molecule has 0 atom stereocenters. The van der Waals surface area contributed by atoms with Gasteiger partial charge in [-0.1, -0.05) is 23.1 Å². The molecule has 0 radical (unpaired) electrons. The van der Waals surface area contributed by atoms with Gasteiger partial charge in [-0.15, -0.1) is 10.2 Å². The predicted molar refractivity (Wildman–Crippen MR) is 76.8 cm³/mol. The maximum absolute atomic E-state index is 4.24. The molecule has 0 amide bonds. The second-order valence-corrected chi connectivity index (χ2v) is 6.03. The van der Waals surface area contributed by atoms with E-state index in [1.807, 2.05) is 31.1 Å². The molecule has 5 nitrogen and oxygen atoms in total. The van der Waals surface area contributed by atoms with E-state index in [1.54, 1.807) is 29.3 Å². The number of hydrogen-bond donors (Lipinski definition) is 1. The summed E-state index contributed by atoms with van der Waals surface area (Å²) < 4.78 is 0.937. The summed E-state index contributed by atoms with van der Waals surface area (Å²) in [5, 5.41) is 12.4. The summed E-state index contributed by atoms with van der Waals surface area (Å²) in [4.78, 5) is 7.31. The fraction of sp³-hybridized carbons (Fsp3) is 0.364. The SMILES string of the molecule is CCNc1cc(Sc2nnc(N(C)C)s2)ccn1. The lowest BCUT2D eigenvalue weighted by Crippen LogP contribution is -2.07. The molecule has 0 aliphatic rings. The minimum Gasteiger partial charge on any atom is -0.370 e. The van der Waals surface area contributed by atoms with E-state index >= 15 is 0 Å². The van der Waals surface area contributed by atoms with Crippen LogP contribution in [0.15, 0.2) is 27.6 Å². The number of pyridine rings is 1. The first kappa shape index (κ1) is 13.1. The fourth-order valence-corrected chi connectivity index (χ4v) is 3.04. The van der Waals surface area contributed by atoms with Crippen molar-refractivity contribution in [1.29, 1.82) is 0 Å². The molecule has 2 heterocycles. The number of nitrogens with one attached hydrogen (secondary N) is 1. The Hall–Kier alpha value is -1.34. The summed E-state index contributed by atoms with van der Waals surface area (Å²) in [6, 6.07) is 3.99. The second kappa shape index (κ2) is 6.01. The van der Waals surface area contributed by atoms with Crippen molar-refractivity contribution in [3.8, 4) is 0 Å². The third kappa shape index (κ3) is 3.33. The monoisotopic (exact) mass is 281 g/mol. The van der Waals surface area contributed by atoms with Gasteiger partial charge in [-0.25, -0.2) is 4.98 Å². The molecule has 96 valence electrons. The normalized spacial score (nSPS) is 10.4. The van der Waals surface area contributed by atoms with Gasteiger partial charge in [-0.3, -0.25) is 0 Å². The summed E-state index contributed by atoms with van der Waals surface area (Å²) in [6.45, 7) is 2.92. The Bertz CT molecular complexity index is 512. The Balaban J connectivity index is 2.10. The first-order valence-electron chi connectivity index (χ1n) is 5.57. The zero-order valence-corrected chi connectivity index (χ0v) is 12.2. The molecule has 0 spiro atoms. The van der Waals surface area contributed by atoms with Crippen molar-refractivity contribution in [2.75, 3.05) is 30.9 Å². The molecule has 0 fully saturated rings. The number of nitrogens with zero attached hydrogens (tertiary/aromatic N) is 4. The van der Waals surface area contributed by atoms with E-state index in [2.05, 4.69) is 27.4 Å². The van der Waals surface area contributed by atoms with Crippen LogP contribution < -0.4 is 10.2 Å². The molecule has 7 heteroatoms. The summed E-state index contributed by atoms with van der Waals surface area (Å²) in [7, 11) is 3.93.